The lowest BCUT2D eigenvalue weighted by Crippen LogP contribution is -2.36. The van der Waals surface area contributed by atoms with Crippen molar-refractivity contribution in [2.45, 2.75) is 37.8 Å². The Morgan fingerprint density at radius 2 is 2.06 bits per heavy atom. The molecule has 2 saturated heterocycles. The van der Waals surface area contributed by atoms with Gasteiger partial charge in [0.05, 0.1) is 23.0 Å². The second kappa shape index (κ2) is 10.8. The van der Waals surface area contributed by atoms with Gasteiger partial charge in [0.15, 0.2) is 12.3 Å². The van der Waals surface area contributed by atoms with E-state index in [9.17, 15) is 4.79 Å². The molecule has 9 nitrogen and oxygen atoms in total. The van der Waals surface area contributed by atoms with Crippen LogP contribution in [0.5, 0.6) is 5.75 Å². The van der Waals surface area contributed by atoms with Crippen LogP contribution in [0.4, 0.5) is 5.69 Å². The van der Waals surface area contributed by atoms with Crippen molar-refractivity contribution in [2.24, 2.45) is 0 Å². The van der Waals surface area contributed by atoms with E-state index in [0.717, 1.165) is 62.1 Å². The Hall–Kier alpha value is -2.88. The number of carbonyl (C=O) groups is 1. The second-order valence-electron chi connectivity index (χ2n) is 9.24. The first-order valence-corrected chi connectivity index (χ1v) is 12.5. The van der Waals surface area contributed by atoms with Gasteiger partial charge in [0.2, 0.25) is 0 Å². The van der Waals surface area contributed by atoms with Crippen molar-refractivity contribution in [3.05, 3.63) is 35.5 Å². The fraction of sp³-hybridized carbons (Fsp3) is 0.480. The third-order valence-electron chi connectivity index (χ3n) is 6.58. The average molecular weight is 499 g/mol. The lowest BCUT2D eigenvalue weighted by Gasteiger charge is -2.30. The van der Waals surface area contributed by atoms with E-state index in [1.807, 2.05) is 24.3 Å². The highest BCUT2D eigenvalue weighted by Gasteiger charge is 2.21. The molecule has 35 heavy (non-hydrogen) atoms. The van der Waals surface area contributed by atoms with Crippen molar-refractivity contribution in [3.63, 3.8) is 0 Å². The summed E-state index contributed by atoms with van der Waals surface area (Å²) < 4.78 is 11.1. The molecule has 0 aliphatic carbocycles. The lowest BCUT2D eigenvalue weighted by atomic mass is 10.1. The number of H-pyrrole nitrogens is 1. The van der Waals surface area contributed by atoms with Crippen molar-refractivity contribution in [1.82, 2.24) is 25.2 Å². The largest absolute Gasteiger partial charge is 0.484 e. The fourth-order valence-corrected chi connectivity index (χ4v) is 4.70. The molecule has 186 valence electrons. The van der Waals surface area contributed by atoms with E-state index in [0.29, 0.717) is 34.8 Å². The number of imidazole rings is 1. The van der Waals surface area contributed by atoms with Crippen LogP contribution in [0.1, 0.15) is 25.7 Å². The molecule has 0 bridgehead atoms. The lowest BCUT2D eigenvalue weighted by molar-refractivity contribution is -0.123. The van der Waals surface area contributed by atoms with E-state index >= 15 is 0 Å². The zero-order valence-electron chi connectivity index (χ0n) is 19.8. The number of hydrogen-bond acceptors (Lipinski definition) is 7. The highest BCUT2D eigenvalue weighted by molar-refractivity contribution is 6.34. The van der Waals surface area contributed by atoms with Crippen LogP contribution in [-0.2, 0) is 9.53 Å². The van der Waals surface area contributed by atoms with Crippen LogP contribution in [0.25, 0.3) is 22.6 Å². The average Bonchev–Trinajstić information content (AvgIpc) is 3.55. The monoisotopic (exact) mass is 498 g/mol. The number of carbonyl (C=O) groups excluding carboxylic acids is 1. The molecule has 2 fully saturated rings. The van der Waals surface area contributed by atoms with Crippen molar-refractivity contribution in [1.29, 1.82) is 0 Å². The summed E-state index contributed by atoms with van der Waals surface area (Å²) in [5.74, 6) is 1.15. The number of fused-ring (bicyclic) bond motifs is 1. The topological polar surface area (TPSA) is 104 Å². The summed E-state index contributed by atoms with van der Waals surface area (Å²) in [4.78, 5) is 26.9. The zero-order chi connectivity index (χ0) is 24.2. The summed E-state index contributed by atoms with van der Waals surface area (Å²) in [5.41, 5.74) is 3.12. The molecule has 3 aromatic rings. The van der Waals surface area contributed by atoms with Gasteiger partial charge in [0.1, 0.15) is 17.1 Å². The molecule has 5 rings (SSSR count). The minimum atomic E-state index is -0.158. The minimum absolute atomic E-state index is 0.0366. The maximum Gasteiger partial charge on any atom is 0.258 e. The number of pyridine rings is 1. The number of amides is 1. The molecule has 1 atom stereocenters. The third-order valence-corrected chi connectivity index (χ3v) is 6.87. The quantitative estimate of drug-likeness (QED) is 0.437. The van der Waals surface area contributed by atoms with Gasteiger partial charge in [0.25, 0.3) is 5.91 Å². The third kappa shape index (κ3) is 5.86. The fourth-order valence-electron chi connectivity index (χ4n) is 4.50. The van der Waals surface area contributed by atoms with Gasteiger partial charge in [-0.3, -0.25) is 4.79 Å². The van der Waals surface area contributed by atoms with Gasteiger partial charge in [-0.05, 0) is 70.1 Å². The summed E-state index contributed by atoms with van der Waals surface area (Å²) in [6, 6.07) is 7.82. The number of aromatic amines is 1. The molecule has 1 amide bonds. The van der Waals surface area contributed by atoms with Gasteiger partial charge >= 0.3 is 0 Å². The Bertz CT molecular complexity index is 1150. The summed E-state index contributed by atoms with van der Waals surface area (Å²) in [7, 11) is 2.14. The molecule has 0 spiro atoms. The van der Waals surface area contributed by atoms with E-state index in [4.69, 9.17) is 26.1 Å². The number of hydrogen-bond donors (Lipinski definition) is 3. The summed E-state index contributed by atoms with van der Waals surface area (Å²) in [5, 5.41) is 7.02. The summed E-state index contributed by atoms with van der Waals surface area (Å²) in [6.07, 6.45) is 5.93. The molecular weight excluding hydrogens is 468 g/mol. The van der Waals surface area contributed by atoms with Gasteiger partial charge in [-0.1, -0.05) is 11.6 Å². The Kier molecular flexibility index (Phi) is 7.36. The highest BCUT2D eigenvalue weighted by Crippen LogP contribution is 2.32. The number of piperidine rings is 1. The van der Waals surface area contributed by atoms with Crippen LogP contribution in [0.2, 0.25) is 5.02 Å². The van der Waals surface area contributed by atoms with Gasteiger partial charge < -0.3 is 30.0 Å². The van der Waals surface area contributed by atoms with E-state index in [-0.39, 0.29) is 18.6 Å². The van der Waals surface area contributed by atoms with E-state index in [2.05, 4.69) is 32.5 Å². The van der Waals surface area contributed by atoms with E-state index < -0.39 is 0 Å². The number of nitrogens with one attached hydrogen (secondary N) is 3. The Morgan fingerprint density at radius 1 is 1.26 bits per heavy atom. The molecule has 1 unspecified atom stereocenters. The summed E-state index contributed by atoms with van der Waals surface area (Å²) >= 11 is 6.50. The van der Waals surface area contributed by atoms with Crippen molar-refractivity contribution >= 4 is 34.4 Å². The molecule has 2 aliphatic rings. The predicted molar refractivity (Wildman–Crippen MR) is 136 cm³/mol. The molecule has 2 aliphatic heterocycles. The first-order valence-electron chi connectivity index (χ1n) is 12.2. The molecule has 0 radical (unpaired) electrons. The van der Waals surface area contributed by atoms with Gasteiger partial charge in [0, 0.05) is 24.8 Å². The zero-order valence-corrected chi connectivity index (χ0v) is 20.6. The number of benzene rings is 1. The number of ether oxygens (including phenoxy) is 2. The van der Waals surface area contributed by atoms with Gasteiger partial charge in [-0.25, -0.2) is 9.97 Å². The maximum atomic E-state index is 12.0. The van der Waals surface area contributed by atoms with Gasteiger partial charge in [-0.2, -0.15) is 0 Å². The molecule has 1 aromatic carbocycles. The molecule has 3 N–H and O–H groups in total. The number of aromatic nitrogens is 3. The predicted octanol–water partition coefficient (Wildman–Crippen LogP) is 3.46. The SMILES string of the molecule is CN1CCC(Nc2c(Cl)cnc3[nH]c(-c4ccc(OCC(=O)NCC5CCCO5)cc4)nc23)CC1. The highest BCUT2D eigenvalue weighted by atomic mass is 35.5. The first-order chi connectivity index (χ1) is 17.0. The number of halogens is 1. The van der Waals surface area contributed by atoms with Crippen LogP contribution >= 0.6 is 11.6 Å². The van der Waals surface area contributed by atoms with Crippen molar-refractivity contribution < 1.29 is 14.3 Å². The maximum absolute atomic E-state index is 12.0. The molecule has 10 heteroatoms. The standard InChI is InChI=1S/C25H31ClN6O3/c1-32-10-8-17(9-11-32)29-22-20(26)14-28-25-23(22)30-24(31-25)16-4-6-18(7-5-16)35-15-21(33)27-13-19-3-2-12-34-19/h4-7,14,17,19H,2-3,8-13,15H2,1H3,(H,27,33)(H2,28,29,30,31). The molecule has 2 aromatic heterocycles. The Labute approximate surface area is 209 Å². The Balaban J connectivity index is 1.22. The molecule has 0 saturated carbocycles. The number of likely N-dealkylation sites (tertiary alicyclic amines) is 1. The van der Waals surface area contributed by atoms with Crippen LogP contribution in [0, 0.1) is 0 Å². The number of anilines is 1. The molecular formula is C25H31ClN6O3. The van der Waals surface area contributed by atoms with Crippen molar-refractivity contribution in [2.75, 3.05) is 45.2 Å². The van der Waals surface area contributed by atoms with Crippen molar-refractivity contribution in [3.8, 4) is 17.1 Å². The van der Waals surface area contributed by atoms with Crippen LogP contribution in [0.15, 0.2) is 30.5 Å². The minimum Gasteiger partial charge on any atom is -0.484 e. The normalized spacial score (nSPS) is 19.2. The van der Waals surface area contributed by atoms with Crippen LogP contribution < -0.4 is 15.4 Å². The summed E-state index contributed by atoms with van der Waals surface area (Å²) in [6.45, 7) is 3.37. The van der Waals surface area contributed by atoms with Gasteiger partial charge in [-0.15, -0.1) is 0 Å². The number of nitrogens with zero attached hydrogens (tertiary/aromatic N) is 3. The number of rotatable bonds is 8. The second-order valence-corrected chi connectivity index (χ2v) is 9.65. The first kappa shape index (κ1) is 23.8. The van der Waals surface area contributed by atoms with E-state index in [1.165, 1.54) is 0 Å². The van der Waals surface area contributed by atoms with Crippen LogP contribution in [0.3, 0.4) is 0 Å². The Morgan fingerprint density at radius 3 is 2.80 bits per heavy atom. The smallest absolute Gasteiger partial charge is 0.258 e. The molecule has 4 heterocycles. The van der Waals surface area contributed by atoms with E-state index in [1.54, 1.807) is 6.20 Å². The van der Waals surface area contributed by atoms with Crippen LogP contribution in [-0.4, -0.2) is 77.8 Å².